The topological polar surface area (TPSA) is 56.2 Å². The Morgan fingerprint density at radius 3 is 3.19 bits per heavy atom. The predicted molar refractivity (Wildman–Crippen MR) is 57.9 cm³/mol. The number of nitrogens with zero attached hydrogens (tertiary/aromatic N) is 2. The van der Waals surface area contributed by atoms with Crippen molar-refractivity contribution in [3.8, 4) is 0 Å². The van der Waals surface area contributed by atoms with E-state index in [1.54, 1.807) is 6.33 Å². The summed E-state index contributed by atoms with van der Waals surface area (Å²) in [6, 6.07) is 5.92. The fourth-order valence-electron chi connectivity index (χ4n) is 1.93. The van der Waals surface area contributed by atoms with Gasteiger partial charge in [0.05, 0.1) is 23.9 Å². The minimum atomic E-state index is -0.355. The summed E-state index contributed by atoms with van der Waals surface area (Å²) in [6.45, 7) is 0.525. The maximum absolute atomic E-state index is 10.9. The molecule has 1 aliphatic heterocycles. The zero-order valence-corrected chi connectivity index (χ0v) is 8.80. The number of benzene rings is 1. The quantitative estimate of drug-likeness (QED) is 0.784. The van der Waals surface area contributed by atoms with Crippen LogP contribution in [-0.2, 0) is 11.8 Å². The molecule has 5 heteroatoms. The number of carbonyl (C=O) groups is 1. The van der Waals surface area contributed by atoms with Crippen molar-refractivity contribution < 1.29 is 9.53 Å². The number of rotatable bonds is 1. The van der Waals surface area contributed by atoms with Crippen molar-refractivity contribution in [2.45, 2.75) is 6.10 Å². The summed E-state index contributed by atoms with van der Waals surface area (Å²) in [6.07, 6.45) is 1.22. The predicted octanol–water partition coefficient (Wildman–Crippen LogP) is 1.35. The van der Waals surface area contributed by atoms with Crippen LogP contribution in [0.4, 0.5) is 4.79 Å². The number of hydrogen-bond donors (Lipinski definition) is 1. The van der Waals surface area contributed by atoms with E-state index in [1.807, 2.05) is 29.8 Å². The zero-order chi connectivity index (χ0) is 11.1. The van der Waals surface area contributed by atoms with E-state index in [9.17, 15) is 4.79 Å². The fourth-order valence-corrected chi connectivity index (χ4v) is 1.93. The van der Waals surface area contributed by atoms with Crippen LogP contribution in [0.25, 0.3) is 11.0 Å². The van der Waals surface area contributed by atoms with Gasteiger partial charge in [0, 0.05) is 7.05 Å². The lowest BCUT2D eigenvalue weighted by Crippen LogP contribution is -2.12. The third-order valence-electron chi connectivity index (χ3n) is 2.80. The van der Waals surface area contributed by atoms with Gasteiger partial charge in [-0.2, -0.15) is 0 Å². The standard InChI is InChI=1S/C11H11N3O2/c1-14-6-13-8-4-7(2-3-9(8)14)10-5-12-11(15)16-10/h2-4,6,10H,5H2,1H3,(H,12,15). The van der Waals surface area contributed by atoms with Crippen LogP contribution < -0.4 is 5.32 Å². The highest BCUT2D eigenvalue weighted by molar-refractivity contribution is 5.76. The summed E-state index contributed by atoms with van der Waals surface area (Å²) < 4.78 is 7.07. The van der Waals surface area contributed by atoms with Crippen LogP contribution in [0.15, 0.2) is 24.5 Å². The normalized spacial score (nSPS) is 19.8. The van der Waals surface area contributed by atoms with Crippen LogP contribution in [0.1, 0.15) is 11.7 Å². The molecule has 1 N–H and O–H groups in total. The molecule has 16 heavy (non-hydrogen) atoms. The van der Waals surface area contributed by atoms with Crippen LogP contribution in [-0.4, -0.2) is 22.2 Å². The Kier molecular flexibility index (Phi) is 1.86. The number of hydrogen-bond acceptors (Lipinski definition) is 3. The molecule has 82 valence electrons. The second-order valence-corrected chi connectivity index (χ2v) is 3.88. The molecule has 1 aromatic heterocycles. The van der Waals surface area contributed by atoms with Gasteiger partial charge in [-0.15, -0.1) is 0 Å². The van der Waals surface area contributed by atoms with Crippen molar-refractivity contribution in [1.29, 1.82) is 0 Å². The largest absolute Gasteiger partial charge is 0.439 e. The highest BCUT2D eigenvalue weighted by Crippen LogP contribution is 2.23. The van der Waals surface area contributed by atoms with Crippen LogP contribution in [0, 0.1) is 0 Å². The second-order valence-electron chi connectivity index (χ2n) is 3.88. The second kappa shape index (κ2) is 3.23. The van der Waals surface area contributed by atoms with Crippen molar-refractivity contribution >= 4 is 17.1 Å². The first-order valence-electron chi connectivity index (χ1n) is 5.09. The van der Waals surface area contributed by atoms with Gasteiger partial charge >= 0.3 is 6.09 Å². The smallest absolute Gasteiger partial charge is 0.407 e. The van der Waals surface area contributed by atoms with Crippen molar-refractivity contribution in [3.05, 3.63) is 30.1 Å². The monoisotopic (exact) mass is 217 g/mol. The van der Waals surface area contributed by atoms with Gasteiger partial charge in [0.2, 0.25) is 0 Å². The first kappa shape index (κ1) is 9.21. The number of fused-ring (bicyclic) bond motifs is 1. The molecule has 0 bridgehead atoms. The summed E-state index contributed by atoms with van der Waals surface area (Å²) in [4.78, 5) is 15.2. The third-order valence-corrected chi connectivity index (χ3v) is 2.80. The minimum absolute atomic E-state index is 0.195. The Hall–Kier alpha value is -2.04. The van der Waals surface area contributed by atoms with E-state index < -0.39 is 0 Å². The number of carbonyl (C=O) groups excluding carboxylic acids is 1. The number of amides is 1. The van der Waals surface area contributed by atoms with Gasteiger partial charge in [0.25, 0.3) is 0 Å². The molecule has 1 saturated heterocycles. The molecule has 1 aliphatic rings. The Morgan fingerprint density at radius 2 is 2.44 bits per heavy atom. The molecule has 1 amide bonds. The number of nitrogens with one attached hydrogen (secondary N) is 1. The Labute approximate surface area is 92.0 Å². The first-order chi connectivity index (χ1) is 7.74. The Balaban J connectivity index is 2.02. The van der Waals surface area contributed by atoms with Gasteiger partial charge in [0.1, 0.15) is 6.10 Å². The van der Waals surface area contributed by atoms with E-state index in [0.717, 1.165) is 16.6 Å². The molecule has 0 radical (unpaired) electrons. The number of imidazole rings is 1. The molecular formula is C11H11N3O2. The molecule has 5 nitrogen and oxygen atoms in total. The molecule has 2 aromatic rings. The van der Waals surface area contributed by atoms with Crippen molar-refractivity contribution in [2.75, 3.05) is 6.54 Å². The average molecular weight is 217 g/mol. The van der Waals surface area contributed by atoms with Crippen LogP contribution in [0.3, 0.4) is 0 Å². The molecule has 1 unspecified atom stereocenters. The van der Waals surface area contributed by atoms with Crippen molar-refractivity contribution in [1.82, 2.24) is 14.9 Å². The van der Waals surface area contributed by atoms with Crippen LogP contribution >= 0.6 is 0 Å². The summed E-state index contributed by atoms with van der Waals surface area (Å²) in [5, 5.41) is 2.63. The number of alkyl carbamates (subject to hydrolysis) is 1. The lowest BCUT2D eigenvalue weighted by molar-refractivity contribution is 0.141. The highest BCUT2D eigenvalue weighted by Gasteiger charge is 2.24. The van der Waals surface area contributed by atoms with Crippen molar-refractivity contribution in [2.24, 2.45) is 7.05 Å². The average Bonchev–Trinajstić information content (AvgIpc) is 2.86. The van der Waals surface area contributed by atoms with Gasteiger partial charge < -0.3 is 14.6 Å². The highest BCUT2D eigenvalue weighted by atomic mass is 16.6. The van der Waals surface area contributed by atoms with Crippen LogP contribution in [0.2, 0.25) is 0 Å². The number of cyclic esters (lactones) is 1. The van der Waals surface area contributed by atoms with Crippen molar-refractivity contribution in [3.63, 3.8) is 0 Å². The molecular weight excluding hydrogens is 206 g/mol. The van der Waals surface area contributed by atoms with Gasteiger partial charge in [-0.25, -0.2) is 9.78 Å². The number of aryl methyl sites for hydroxylation is 1. The molecule has 0 saturated carbocycles. The van der Waals surface area contributed by atoms with Crippen LogP contribution in [0.5, 0.6) is 0 Å². The van der Waals surface area contributed by atoms with E-state index in [-0.39, 0.29) is 12.2 Å². The zero-order valence-electron chi connectivity index (χ0n) is 8.80. The molecule has 1 atom stereocenters. The van der Waals surface area contributed by atoms with Gasteiger partial charge in [-0.3, -0.25) is 0 Å². The third kappa shape index (κ3) is 1.32. The lowest BCUT2D eigenvalue weighted by atomic mass is 10.1. The molecule has 1 fully saturated rings. The maximum atomic E-state index is 10.9. The molecule has 0 aliphatic carbocycles. The summed E-state index contributed by atoms with van der Waals surface area (Å²) in [5.74, 6) is 0. The molecule has 3 rings (SSSR count). The van der Waals surface area contributed by atoms with Gasteiger partial charge in [-0.1, -0.05) is 6.07 Å². The SMILES string of the molecule is Cn1cnc2cc(C3CNC(=O)O3)ccc21. The molecule has 2 heterocycles. The summed E-state index contributed by atoms with van der Waals surface area (Å²) in [7, 11) is 1.95. The van der Waals surface area contributed by atoms with E-state index in [2.05, 4.69) is 10.3 Å². The van der Waals surface area contributed by atoms with E-state index in [4.69, 9.17) is 4.74 Å². The first-order valence-corrected chi connectivity index (χ1v) is 5.09. The Bertz CT molecular complexity index is 561. The maximum Gasteiger partial charge on any atom is 0.407 e. The van der Waals surface area contributed by atoms with E-state index in [1.165, 1.54) is 0 Å². The summed E-state index contributed by atoms with van der Waals surface area (Å²) >= 11 is 0. The Morgan fingerprint density at radius 1 is 1.56 bits per heavy atom. The minimum Gasteiger partial charge on any atom is -0.439 e. The van der Waals surface area contributed by atoms with Gasteiger partial charge in [0.15, 0.2) is 0 Å². The lowest BCUT2D eigenvalue weighted by Gasteiger charge is -2.07. The molecule has 1 aromatic carbocycles. The van der Waals surface area contributed by atoms with E-state index in [0.29, 0.717) is 6.54 Å². The number of ether oxygens (including phenoxy) is 1. The number of aromatic nitrogens is 2. The van der Waals surface area contributed by atoms with E-state index >= 15 is 0 Å². The van der Waals surface area contributed by atoms with Gasteiger partial charge in [-0.05, 0) is 17.7 Å². The fraction of sp³-hybridized carbons (Fsp3) is 0.273. The molecule has 0 spiro atoms. The summed E-state index contributed by atoms with van der Waals surface area (Å²) in [5.41, 5.74) is 2.97.